The van der Waals surface area contributed by atoms with Crippen molar-refractivity contribution in [2.75, 3.05) is 13.1 Å². The molecule has 2 aromatic rings. The number of carbonyl (C=O) groups is 1. The van der Waals surface area contributed by atoms with Gasteiger partial charge < -0.3 is 4.90 Å². The molecule has 3 nitrogen and oxygen atoms in total. The average Bonchev–Trinajstić information content (AvgIpc) is 2.44. The Balaban J connectivity index is 2.42. The van der Waals surface area contributed by atoms with E-state index in [0.29, 0.717) is 17.4 Å². The van der Waals surface area contributed by atoms with Gasteiger partial charge in [0.05, 0.1) is 0 Å². The third kappa shape index (κ3) is 2.87. The summed E-state index contributed by atoms with van der Waals surface area (Å²) in [5, 5.41) is 2.20. The van der Waals surface area contributed by atoms with Crippen LogP contribution < -0.4 is 0 Å². The fourth-order valence-electron chi connectivity index (χ4n) is 2.10. The molecule has 0 saturated heterocycles. The van der Waals surface area contributed by atoms with E-state index in [-0.39, 0.29) is 5.91 Å². The fourth-order valence-corrected chi connectivity index (χ4v) is 2.36. The monoisotopic (exact) mass is 276 g/mol. The summed E-state index contributed by atoms with van der Waals surface area (Å²) in [6, 6.07) is 9.49. The number of carbonyl (C=O) groups excluding carboxylic acids is 1. The van der Waals surface area contributed by atoms with Crippen LogP contribution in [-0.2, 0) is 0 Å². The summed E-state index contributed by atoms with van der Waals surface area (Å²) < 4.78 is 0. The van der Waals surface area contributed by atoms with Gasteiger partial charge in [-0.15, -0.1) is 0 Å². The SMILES string of the molecule is CCCN(CC)C(=O)c1cc2ccccc2c(Cl)n1. The molecular formula is C15H17ClN2O. The van der Waals surface area contributed by atoms with Gasteiger partial charge in [-0.3, -0.25) is 4.79 Å². The molecule has 1 aromatic carbocycles. The molecule has 0 radical (unpaired) electrons. The van der Waals surface area contributed by atoms with Gasteiger partial charge in [-0.05, 0) is 24.8 Å². The molecule has 0 N–H and O–H groups in total. The van der Waals surface area contributed by atoms with Gasteiger partial charge in [0.25, 0.3) is 5.91 Å². The number of hydrogen-bond acceptors (Lipinski definition) is 2. The Kier molecular flexibility index (Phi) is 4.38. The van der Waals surface area contributed by atoms with E-state index >= 15 is 0 Å². The number of amides is 1. The standard InChI is InChI=1S/C15H17ClN2O/c1-3-9-18(4-2)15(19)13-10-11-7-5-6-8-12(11)14(16)17-13/h5-8,10H,3-4,9H2,1-2H3. The Morgan fingerprint density at radius 2 is 2.05 bits per heavy atom. The van der Waals surface area contributed by atoms with Crippen molar-refractivity contribution < 1.29 is 4.79 Å². The van der Waals surface area contributed by atoms with Crippen LogP contribution in [0.2, 0.25) is 5.15 Å². The van der Waals surface area contributed by atoms with Crippen LogP contribution in [0.15, 0.2) is 30.3 Å². The molecule has 4 heteroatoms. The summed E-state index contributed by atoms with van der Waals surface area (Å²) in [5.41, 5.74) is 0.416. The van der Waals surface area contributed by atoms with Gasteiger partial charge in [-0.2, -0.15) is 0 Å². The Hall–Kier alpha value is -1.61. The van der Waals surface area contributed by atoms with Crippen LogP contribution in [0.3, 0.4) is 0 Å². The summed E-state index contributed by atoms with van der Waals surface area (Å²) in [5.74, 6) is -0.0583. The highest BCUT2D eigenvalue weighted by Gasteiger charge is 2.16. The minimum Gasteiger partial charge on any atom is -0.338 e. The summed E-state index contributed by atoms with van der Waals surface area (Å²) >= 11 is 6.15. The van der Waals surface area contributed by atoms with Crippen LogP contribution in [0, 0.1) is 0 Å². The molecule has 0 aliphatic carbocycles. The molecule has 0 fully saturated rings. The van der Waals surface area contributed by atoms with Crippen LogP contribution >= 0.6 is 11.6 Å². The molecule has 1 aromatic heterocycles. The summed E-state index contributed by atoms with van der Waals surface area (Å²) in [7, 11) is 0. The Labute approximate surface area is 118 Å². The maximum absolute atomic E-state index is 12.4. The quantitative estimate of drug-likeness (QED) is 0.797. The first-order chi connectivity index (χ1) is 9.17. The van der Waals surface area contributed by atoms with Crippen molar-refractivity contribution in [3.63, 3.8) is 0 Å². The number of benzene rings is 1. The molecule has 100 valence electrons. The largest absolute Gasteiger partial charge is 0.338 e. The molecule has 0 unspecified atom stereocenters. The van der Waals surface area contributed by atoms with E-state index in [1.54, 1.807) is 4.90 Å². The van der Waals surface area contributed by atoms with Crippen LogP contribution in [0.1, 0.15) is 30.8 Å². The van der Waals surface area contributed by atoms with Crippen LogP contribution in [0.4, 0.5) is 0 Å². The maximum atomic E-state index is 12.4. The van der Waals surface area contributed by atoms with Gasteiger partial charge in [-0.1, -0.05) is 42.8 Å². The lowest BCUT2D eigenvalue weighted by Gasteiger charge is -2.19. The molecule has 1 amide bonds. The Bertz CT molecular complexity index is 598. The molecule has 0 atom stereocenters. The van der Waals surface area contributed by atoms with Gasteiger partial charge in [0.1, 0.15) is 10.8 Å². The summed E-state index contributed by atoms with van der Waals surface area (Å²) in [6.45, 7) is 5.44. The van der Waals surface area contributed by atoms with Crippen molar-refractivity contribution in [2.45, 2.75) is 20.3 Å². The predicted octanol–water partition coefficient (Wildman–Crippen LogP) is 3.76. The molecular weight excluding hydrogens is 260 g/mol. The smallest absolute Gasteiger partial charge is 0.272 e. The molecule has 0 aliphatic rings. The summed E-state index contributed by atoms with van der Waals surface area (Å²) in [4.78, 5) is 18.4. The minimum absolute atomic E-state index is 0.0583. The number of hydrogen-bond donors (Lipinski definition) is 0. The van der Waals surface area contributed by atoms with Crippen molar-refractivity contribution >= 4 is 28.3 Å². The lowest BCUT2D eigenvalue weighted by atomic mass is 10.1. The number of fused-ring (bicyclic) bond motifs is 1. The van der Waals surface area contributed by atoms with Crippen molar-refractivity contribution in [1.82, 2.24) is 9.88 Å². The van der Waals surface area contributed by atoms with Gasteiger partial charge in [0, 0.05) is 18.5 Å². The molecule has 0 spiro atoms. The molecule has 0 aliphatic heterocycles. The second-order valence-electron chi connectivity index (χ2n) is 4.40. The van der Waals surface area contributed by atoms with E-state index in [2.05, 4.69) is 11.9 Å². The molecule has 19 heavy (non-hydrogen) atoms. The molecule has 2 rings (SSSR count). The lowest BCUT2D eigenvalue weighted by Crippen LogP contribution is -2.32. The van der Waals surface area contributed by atoms with Crippen LogP contribution in [-0.4, -0.2) is 28.9 Å². The number of nitrogens with zero attached hydrogens (tertiary/aromatic N) is 2. The highest BCUT2D eigenvalue weighted by molar-refractivity contribution is 6.34. The van der Waals surface area contributed by atoms with Gasteiger partial charge in [0.15, 0.2) is 0 Å². The van der Waals surface area contributed by atoms with Gasteiger partial charge >= 0.3 is 0 Å². The zero-order valence-electron chi connectivity index (χ0n) is 11.2. The first-order valence-electron chi connectivity index (χ1n) is 6.52. The topological polar surface area (TPSA) is 33.2 Å². The van der Waals surface area contributed by atoms with E-state index in [4.69, 9.17) is 11.6 Å². The molecule has 0 bridgehead atoms. The Morgan fingerprint density at radius 3 is 2.74 bits per heavy atom. The number of pyridine rings is 1. The summed E-state index contributed by atoms with van der Waals surface area (Å²) in [6.07, 6.45) is 0.931. The first kappa shape index (κ1) is 13.8. The van der Waals surface area contributed by atoms with E-state index < -0.39 is 0 Å². The number of rotatable bonds is 4. The van der Waals surface area contributed by atoms with Crippen LogP contribution in [0.5, 0.6) is 0 Å². The van der Waals surface area contributed by atoms with Crippen molar-refractivity contribution in [1.29, 1.82) is 0 Å². The highest BCUT2D eigenvalue weighted by atomic mass is 35.5. The second-order valence-corrected chi connectivity index (χ2v) is 4.76. The molecule has 1 heterocycles. The minimum atomic E-state index is -0.0583. The van der Waals surface area contributed by atoms with Gasteiger partial charge in [-0.25, -0.2) is 4.98 Å². The van der Waals surface area contributed by atoms with Crippen LogP contribution in [0.25, 0.3) is 10.8 Å². The van der Waals surface area contributed by atoms with E-state index in [1.165, 1.54) is 0 Å². The fraction of sp³-hybridized carbons (Fsp3) is 0.333. The predicted molar refractivity (Wildman–Crippen MR) is 78.6 cm³/mol. The van der Waals surface area contributed by atoms with Crippen molar-refractivity contribution in [3.8, 4) is 0 Å². The zero-order valence-corrected chi connectivity index (χ0v) is 11.9. The maximum Gasteiger partial charge on any atom is 0.272 e. The Morgan fingerprint density at radius 1 is 1.32 bits per heavy atom. The molecule has 0 saturated carbocycles. The highest BCUT2D eigenvalue weighted by Crippen LogP contribution is 2.22. The normalized spacial score (nSPS) is 10.7. The first-order valence-corrected chi connectivity index (χ1v) is 6.89. The number of halogens is 1. The third-order valence-electron chi connectivity index (χ3n) is 3.08. The van der Waals surface area contributed by atoms with Gasteiger partial charge in [0.2, 0.25) is 0 Å². The third-order valence-corrected chi connectivity index (χ3v) is 3.36. The van der Waals surface area contributed by atoms with Crippen molar-refractivity contribution in [2.24, 2.45) is 0 Å². The zero-order chi connectivity index (χ0) is 13.8. The van der Waals surface area contributed by atoms with E-state index in [9.17, 15) is 4.79 Å². The lowest BCUT2D eigenvalue weighted by molar-refractivity contribution is 0.0759. The average molecular weight is 277 g/mol. The van der Waals surface area contributed by atoms with E-state index in [0.717, 1.165) is 23.7 Å². The second kappa shape index (κ2) is 6.02. The van der Waals surface area contributed by atoms with E-state index in [1.807, 2.05) is 37.3 Å². The van der Waals surface area contributed by atoms with Crippen molar-refractivity contribution in [3.05, 3.63) is 41.2 Å². The number of aromatic nitrogens is 1.